The second kappa shape index (κ2) is 2.61. The van der Waals surface area contributed by atoms with E-state index in [1.165, 1.54) is 0 Å². The third-order valence-electron chi connectivity index (χ3n) is 3.02. The van der Waals surface area contributed by atoms with E-state index in [1.54, 1.807) is 12.1 Å². The first-order chi connectivity index (χ1) is 7.12. The minimum atomic E-state index is -3.24. The van der Waals surface area contributed by atoms with Crippen molar-refractivity contribution in [2.75, 3.05) is 0 Å². The van der Waals surface area contributed by atoms with Gasteiger partial charge in [-0.15, -0.1) is 0 Å². The van der Waals surface area contributed by atoms with Crippen molar-refractivity contribution in [3.05, 3.63) is 29.8 Å². The highest BCUT2D eigenvalue weighted by atomic mass is 32.2. The minimum absolute atomic E-state index is 0.105. The summed E-state index contributed by atoms with van der Waals surface area (Å²) < 4.78 is 24.2. The maximum Gasteiger partial charge on any atom is 0.201 e. The predicted octanol–water partition coefficient (Wildman–Crippen LogP) is 0.863. The molecule has 0 saturated carbocycles. The van der Waals surface area contributed by atoms with Crippen LogP contribution in [0.4, 0.5) is 0 Å². The van der Waals surface area contributed by atoms with Crippen LogP contribution in [0, 0.1) is 0 Å². The lowest BCUT2D eigenvalue weighted by Gasteiger charge is -2.07. The number of hydrogen-bond acceptors (Lipinski definition) is 4. The standard InChI is InChI=1S/C10H10N2O2S/c1-6-9-7-4-2-3-5-8(7)15(13,14)10(9)12-11-6/h2-5,9-10,12H,1H3. The highest BCUT2D eigenvalue weighted by Crippen LogP contribution is 2.42. The molecule has 0 amide bonds. The van der Waals surface area contributed by atoms with Gasteiger partial charge in [0, 0.05) is 5.71 Å². The Bertz CT molecular complexity index is 563. The summed E-state index contributed by atoms with van der Waals surface area (Å²) in [5.41, 5.74) is 4.42. The fraction of sp³-hybridized carbons (Fsp3) is 0.300. The fourth-order valence-corrected chi connectivity index (χ4v) is 4.26. The Balaban J connectivity index is 2.33. The number of nitrogens with one attached hydrogen (secondary N) is 1. The van der Waals surface area contributed by atoms with Gasteiger partial charge >= 0.3 is 0 Å². The third-order valence-corrected chi connectivity index (χ3v) is 5.05. The zero-order valence-electron chi connectivity index (χ0n) is 8.14. The van der Waals surface area contributed by atoms with Crippen LogP contribution in [0.25, 0.3) is 0 Å². The van der Waals surface area contributed by atoms with Gasteiger partial charge in [-0.3, -0.25) is 5.43 Å². The molecule has 0 bridgehead atoms. The second-order valence-electron chi connectivity index (χ2n) is 3.86. The number of hydrogen-bond donors (Lipinski definition) is 1. The molecule has 78 valence electrons. The van der Waals surface area contributed by atoms with E-state index in [1.807, 2.05) is 19.1 Å². The van der Waals surface area contributed by atoms with Crippen LogP contribution in [-0.2, 0) is 9.84 Å². The molecule has 0 fully saturated rings. The fourth-order valence-electron chi connectivity index (χ4n) is 2.30. The van der Waals surface area contributed by atoms with Crippen molar-refractivity contribution in [2.45, 2.75) is 23.1 Å². The Kier molecular flexibility index (Phi) is 1.55. The van der Waals surface area contributed by atoms with E-state index in [0.29, 0.717) is 4.90 Å². The van der Waals surface area contributed by atoms with Crippen molar-refractivity contribution in [3.8, 4) is 0 Å². The normalized spacial score (nSPS) is 30.3. The smallest absolute Gasteiger partial charge is 0.201 e. The molecule has 4 nitrogen and oxygen atoms in total. The molecule has 1 aromatic carbocycles. The average molecular weight is 222 g/mol. The van der Waals surface area contributed by atoms with Crippen molar-refractivity contribution in [1.29, 1.82) is 0 Å². The number of rotatable bonds is 0. The Labute approximate surface area is 87.9 Å². The minimum Gasteiger partial charge on any atom is -0.290 e. The van der Waals surface area contributed by atoms with E-state index in [4.69, 9.17) is 0 Å². The number of benzene rings is 1. The topological polar surface area (TPSA) is 58.5 Å². The molecule has 5 heteroatoms. The van der Waals surface area contributed by atoms with Crippen molar-refractivity contribution in [1.82, 2.24) is 5.43 Å². The number of hydrazone groups is 1. The van der Waals surface area contributed by atoms with Crippen LogP contribution in [0.3, 0.4) is 0 Å². The summed E-state index contributed by atoms with van der Waals surface area (Å²) in [5, 5.41) is 3.41. The van der Waals surface area contributed by atoms with Crippen molar-refractivity contribution in [2.24, 2.45) is 5.10 Å². The highest BCUT2D eigenvalue weighted by molar-refractivity contribution is 7.92. The molecule has 2 atom stereocenters. The van der Waals surface area contributed by atoms with Crippen LogP contribution >= 0.6 is 0 Å². The molecule has 1 aromatic rings. The van der Waals surface area contributed by atoms with Crippen LogP contribution < -0.4 is 5.43 Å². The summed E-state index contributed by atoms with van der Waals surface area (Å²) in [5.74, 6) is -0.105. The maximum atomic E-state index is 12.1. The summed E-state index contributed by atoms with van der Waals surface area (Å²) in [7, 11) is -3.24. The van der Waals surface area contributed by atoms with Crippen molar-refractivity contribution < 1.29 is 8.42 Å². The molecule has 0 spiro atoms. The summed E-state index contributed by atoms with van der Waals surface area (Å²) >= 11 is 0. The summed E-state index contributed by atoms with van der Waals surface area (Å²) in [6.07, 6.45) is 0. The van der Waals surface area contributed by atoms with Gasteiger partial charge in [-0.25, -0.2) is 8.42 Å². The molecular formula is C10H10N2O2S. The van der Waals surface area contributed by atoms with Gasteiger partial charge in [0.1, 0.15) is 0 Å². The first-order valence-electron chi connectivity index (χ1n) is 4.75. The molecule has 0 radical (unpaired) electrons. The van der Waals surface area contributed by atoms with Gasteiger partial charge in [0.05, 0.1) is 10.8 Å². The van der Waals surface area contributed by atoms with Crippen LogP contribution in [0.2, 0.25) is 0 Å². The Morgan fingerprint density at radius 2 is 2.07 bits per heavy atom. The van der Waals surface area contributed by atoms with Gasteiger partial charge in [0.2, 0.25) is 9.84 Å². The van der Waals surface area contributed by atoms with E-state index in [-0.39, 0.29) is 5.92 Å². The second-order valence-corrected chi connectivity index (χ2v) is 5.90. The molecule has 1 N–H and O–H groups in total. The molecular weight excluding hydrogens is 212 g/mol. The first-order valence-corrected chi connectivity index (χ1v) is 6.29. The Morgan fingerprint density at radius 1 is 1.33 bits per heavy atom. The molecule has 0 aliphatic carbocycles. The Hall–Kier alpha value is -1.36. The van der Waals surface area contributed by atoms with Gasteiger partial charge in [0.15, 0.2) is 5.37 Å². The van der Waals surface area contributed by atoms with Gasteiger partial charge in [-0.05, 0) is 18.6 Å². The van der Waals surface area contributed by atoms with E-state index in [2.05, 4.69) is 10.5 Å². The number of fused-ring (bicyclic) bond motifs is 3. The monoisotopic (exact) mass is 222 g/mol. The molecule has 3 rings (SSSR count). The lowest BCUT2D eigenvalue weighted by molar-refractivity contribution is 0.571. The van der Waals surface area contributed by atoms with E-state index < -0.39 is 15.2 Å². The van der Waals surface area contributed by atoms with E-state index in [9.17, 15) is 8.42 Å². The van der Waals surface area contributed by atoms with Crippen molar-refractivity contribution >= 4 is 15.5 Å². The maximum absolute atomic E-state index is 12.1. The molecule has 15 heavy (non-hydrogen) atoms. The number of nitrogens with zero attached hydrogens (tertiary/aromatic N) is 1. The van der Waals surface area contributed by atoms with Crippen LogP contribution in [-0.4, -0.2) is 19.5 Å². The van der Waals surface area contributed by atoms with Gasteiger partial charge < -0.3 is 0 Å². The molecule has 0 saturated heterocycles. The third kappa shape index (κ3) is 0.958. The lowest BCUT2D eigenvalue weighted by Crippen LogP contribution is -2.29. The SMILES string of the molecule is CC1=NNC2C1c1ccccc1S2(=O)=O. The summed E-state index contributed by atoms with van der Waals surface area (Å²) in [6.45, 7) is 1.86. The van der Waals surface area contributed by atoms with E-state index >= 15 is 0 Å². The summed E-state index contributed by atoms with van der Waals surface area (Å²) in [4.78, 5) is 0.446. The highest BCUT2D eigenvalue weighted by Gasteiger charge is 2.48. The van der Waals surface area contributed by atoms with Gasteiger partial charge in [0.25, 0.3) is 0 Å². The van der Waals surface area contributed by atoms with Gasteiger partial charge in [-0.2, -0.15) is 5.10 Å². The molecule has 2 heterocycles. The predicted molar refractivity (Wildman–Crippen MR) is 56.4 cm³/mol. The summed E-state index contributed by atoms with van der Waals surface area (Å²) in [6, 6.07) is 7.15. The first kappa shape index (κ1) is 8.91. The van der Waals surface area contributed by atoms with Crippen molar-refractivity contribution in [3.63, 3.8) is 0 Å². The number of sulfone groups is 1. The van der Waals surface area contributed by atoms with E-state index in [0.717, 1.165) is 11.3 Å². The zero-order valence-corrected chi connectivity index (χ0v) is 8.95. The molecule has 0 aromatic heterocycles. The quantitative estimate of drug-likeness (QED) is 0.708. The van der Waals surface area contributed by atoms with Gasteiger partial charge in [-0.1, -0.05) is 18.2 Å². The van der Waals surface area contributed by atoms with Crippen LogP contribution in [0.5, 0.6) is 0 Å². The molecule has 2 aliphatic rings. The molecule has 2 unspecified atom stereocenters. The van der Waals surface area contributed by atoms with Crippen LogP contribution in [0.15, 0.2) is 34.3 Å². The van der Waals surface area contributed by atoms with Crippen LogP contribution in [0.1, 0.15) is 18.4 Å². The molecule has 2 aliphatic heterocycles. The lowest BCUT2D eigenvalue weighted by atomic mass is 9.96. The Morgan fingerprint density at radius 3 is 2.87 bits per heavy atom. The largest absolute Gasteiger partial charge is 0.290 e. The average Bonchev–Trinajstić information content (AvgIpc) is 2.69. The zero-order chi connectivity index (χ0) is 10.6.